The first-order valence-electron chi connectivity index (χ1n) is 8.39. The summed E-state index contributed by atoms with van der Waals surface area (Å²) in [5.41, 5.74) is 3.74. The molecule has 1 aliphatic heterocycles. The molecule has 0 bridgehead atoms. The van der Waals surface area contributed by atoms with Crippen molar-refractivity contribution in [2.45, 2.75) is 39.4 Å². The maximum atomic E-state index is 12.1. The van der Waals surface area contributed by atoms with Gasteiger partial charge in [0.25, 0.3) is 5.56 Å². The molecular formula is C18H20N4O2. The Morgan fingerprint density at radius 3 is 3.00 bits per heavy atom. The van der Waals surface area contributed by atoms with Crippen molar-refractivity contribution in [2.24, 2.45) is 0 Å². The van der Waals surface area contributed by atoms with E-state index in [1.807, 2.05) is 24.3 Å². The maximum Gasteiger partial charge on any atom is 0.267 e. The van der Waals surface area contributed by atoms with Crippen LogP contribution in [0.15, 0.2) is 39.5 Å². The highest BCUT2D eigenvalue weighted by Gasteiger charge is 2.20. The number of hydrogen-bond acceptors (Lipinski definition) is 5. The topological polar surface area (TPSA) is 64.2 Å². The maximum absolute atomic E-state index is 12.1. The monoisotopic (exact) mass is 324 g/mol. The number of para-hydroxylation sites is 2. The van der Waals surface area contributed by atoms with Crippen molar-refractivity contribution in [3.63, 3.8) is 0 Å². The van der Waals surface area contributed by atoms with Crippen LogP contribution in [0.5, 0.6) is 0 Å². The van der Waals surface area contributed by atoms with Crippen molar-refractivity contribution in [3.8, 4) is 0 Å². The quantitative estimate of drug-likeness (QED) is 0.737. The highest BCUT2D eigenvalue weighted by atomic mass is 16.3. The number of nitrogens with zero attached hydrogens (tertiary/aromatic N) is 4. The van der Waals surface area contributed by atoms with E-state index in [0.717, 1.165) is 41.7 Å². The van der Waals surface area contributed by atoms with E-state index < -0.39 is 0 Å². The van der Waals surface area contributed by atoms with E-state index in [4.69, 9.17) is 4.42 Å². The van der Waals surface area contributed by atoms with Crippen LogP contribution in [0.3, 0.4) is 0 Å². The first kappa shape index (κ1) is 15.1. The predicted molar refractivity (Wildman–Crippen MR) is 90.6 cm³/mol. The molecule has 24 heavy (non-hydrogen) atoms. The molecule has 3 aromatic rings. The summed E-state index contributed by atoms with van der Waals surface area (Å²) in [5.74, 6) is 0.715. The van der Waals surface area contributed by atoms with E-state index in [1.165, 1.54) is 0 Å². The van der Waals surface area contributed by atoms with Gasteiger partial charge in [-0.3, -0.25) is 9.69 Å². The van der Waals surface area contributed by atoms with Gasteiger partial charge in [0.2, 0.25) is 5.89 Å². The average molecular weight is 324 g/mol. The summed E-state index contributed by atoms with van der Waals surface area (Å²) in [4.78, 5) is 18.9. The average Bonchev–Trinajstić information content (AvgIpc) is 2.98. The first-order chi connectivity index (χ1) is 11.7. The lowest BCUT2D eigenvalue weighted by Gasteiger charge is -2.27. The number of aromatic nitrogens is 3. The van der Waals surface area contributed by atoms with Gasteiger partial charge in [-0.1, -0.05) is 19.1 Å². The molecule has 4 rings (SSSR count). The van der Waals surface area contributed by atoms with Crippen LogP contribution in [0.1, 0.15) is 30.5 Å². The fraction of sp³-hybridized carbons (Fsp3) is 0.389. The summed E-state index contributed by atoms with van der Waals surface area (Å²) in [6.07, 6.45) is 1.76. The van der Waals surface area contributed by atoms with Crippen LogP contribution >= 0.6 is 0 Å². The van der Waals surface area contributed by atoms with Gasteiger partial charge in [-0.25, -0.2) is 9.67 Å². The largest absolute Gasteiger partial charge is 0.439 e. The minimum Gasteiger partial charge on any atom is -0.439 e. The van der Waals surface area contributed by atoms with Crippen molar-refractivity contribution >= 4 is 11.1 Å². The van der Waals surface area contributed by atoms with Crippen LogP contribution in [0.2, 0.25) is 0 Å². The summed E-state index contributed by atoms with van der Waals surface area (Å²) in [6, 6.07) is 9.52. The Kier molecular flexibility index (Phi) is 3.90. The molecule has 6 nitrogen and oxygen atoms in total. The van der Waals surface area contributed by atoms with Gasteiger partial charge < -0.3 is 4.42 Å². The number of fused-ring (bicyclic) bond motifs is 2. The number of hydrogen-bond donors (Lipinski definition) is 0. The van der Waals surface area contributed by atoms with E-state index in [1.54, 1.807) is 10.7 Å². The molecule has 2 aromatic heterocycles. The molecule has 0 amide bonds. The number of rotatable bonds is 4. The van der Waals surface area contributed by atoms with Gasteiger partial charge in [-0.2, -0.15) is 5.10 Å². The lowest BCUT2D eigenvalue weighted by molar-refractivity contribution is 0.219. The van der Waals surface area contributed by atoms with Gasteiger partial charge in [-0.05, 0) is 24.1 Å². The van der Waals surface area contributed by atoms with Gasteiger partial charge in [-0.15, -0.1) is 0 Å². The lowest BCUT2D eigenvalue weighted by Crippen LogP contribution is -2.34. The van der Waals surface area contributed by atoms with Crippen molar-refractivity contribution in [1.29, 1.82) is 0 Å². The first-order valence-corrected chi connectivity index (χ1v) is 8.39. The molecule has 0 saturated carbocycles. The normalized spacial score (nSPS) is 14.9. The van der Waals surface area contributed by atoms with Crippen LogP contribution in [-0.2, 0) is 26.1 Å². The molecule has 1 aliphatic rings. The molecule has 0 N–H and O–H groups in total. The van der Waals surface area contributed by atoms with Crippen LogP contribution in [0, 0.1) is 0 Å². The van der Waals surface area contributed by atoms with Crippen LogP contribution in [0.4, 0.5) is 0 Å². The summed E-state index contributed by atoms with van der Waals surface area (Å²) in [5, 5.41) is 4.52. The third-order valence-electron chi connectivity index (χ3n) is 4.36. The third-order valence-corrected chi connectivity index (χ3v) is 4.36. The molecule has 3 heterocycles. The smallest absolute Gasteiger partial charge is 0.267 e. The predicted octanol–water partition coefficient (Wildman–Crippen LogP) is 2.35. The Labute approximate surface area is 139 Å². The van der Waals surface area contributed by atoms with E-state index in [9.17, 15) is 4.79 Å². The van der Waals surface area contributed by atoms with E-state index >= 15 is 0 Å². The van der Waals surface area contributed by atoms with E-state index in [0.29, 0.717) is 25.5 Å². The molecule has 0 radical (unpaired) electrons. The highest BCUT2D eigenvalue weighted by Crippen LogP contribution is 2.20. The Morgan fingerprint density at radius 2 is 2.17 bits per heavy atom. The zero-order chi connectivity index (χ0) is 16.5. The number of benzene rings is 1. The molecule has 0 unspecified atom stereocenters. The molecule has 124 valence electrons. The van der Waals surface area contributed by atoms with Crippen molar-refractivity contribution in [3.05, 3.63) is 57.8 Å². The third kappa shape index (κ3) is 2.85. The Hall–Kier alpha value is -2.47. The zero-order valence-corrected chi connectivity index (χ0v) is 13.7. The lowest BCUT2D eigenvalue weighted by atomic mass is 10.1. The fourth-order valence-electron chi connectivity index (χ4n) is 3.18. The summed E-state index contributed by atoms with van der Waals surface area (Å²) >= 11 is 0. The second kappa shape index (κ2) is 6.20. The minimum atomic E-state index is -0.0145. The van der Waals surface area contributed by atoms with E-state index in [2.05, 4.69) is 21.9 Å². The summed E-state index contributed by atoms with van der Waals surface area (Å²) < 4.78 is 7.38. The van der Waals surface area contributed by atoms with E-state index in [-0.39, 0.29) is 5.56 Å². The molecule has 0 saturated heterocycles. The number of oxazole rings is 1. The van der Waals surface area contributed by atoms with Crippen molar-refractivity contribution < 1.29 is 4.42 Å². The van der Waals surface area contributed by atoms with Crippen molar-refractivity contribution in [1.82, 2.24) is 19.7 Å². The Balaban J connectivity index is 1.53. The standard InChI is InChI=1S/C18H20N4O2/c1-2-8-22-18(23)10-13-11-21(9-7-14(13)20-22)12-17-19-15-5-3-4-6-16(15)24-17/h3-6,10H,2,7-9,11-12H2,1H3. The molecular weight excluding hydrogens is 304 g/mol. The Morgan fingerprint density at radius 1 is 1.29 bits per heavy atom. The molecule has 0 aliphatic carbocycles. The molecule has 0 fully saturated rings. The van der Waals surface area contributed by atoms with Gasteiger partial charge >= 0.3 is 0 Å². The van der Waals surface area contributed by atoms with Gasteiger partial charge in [0.05, 0.1) is 12.2 Å². The van der Waals surface area contributed by atoms with Crippen LogP contribution < -0.4 is 5.56 Å². The fourth-order valence-corrected chi connectivity index (χ4v) is 3.18. The Bertz CT molecular complexity index is 895. The molecule has 1 aromatic carbocycles. The second-order valence-electron chi connectivity index (χ2n) is 6.21. The summed E-state index contributed by atoms with van der Waals surface area (Å²) in [7, 11) is 0. The highest BCUT2D eigenvalue weighted by molar-refractivity contribution is 5.72. The zero-order valence-electron chi connectivity index (χ0n) is 13.7. The van der Waals surface area contributed by atoms with Crippen molar-refractivity contribution in [2.75, 3.05) is 6.54 Å². The second-order valence-corrected chi connectivity index (χ2v) is 6.21. The molecule has 0 atom stereocenters. The van der Waals surface area contributed by atoms with Gasteiger partial charge in [0.1, 0.15) is 5.52 Å². The van der Waals surface area contributed by atoms with Crippen LogP contribution in [-0.4, -0.2) is 26.2 Å². The molecule has 0 spiro atoms. The summed E-state index contributed by atoms with van der Waals surface area (Å²) in [6.45, 7) is 4.98. The molecule has 6 heteroatoms. The van der Waals surface area contributed by atoms with Crippen LogP contribution in [0.25, 0.3) is 11.1 Å². The van der Waals surface area contributed by atoms with Gasteiger partial charge in [0, 0.05) is 32.1 Å². The van der Waals surface area contributed by atoms with Gasteiger partial charge in [0.15, 0.2) is 5.58 Å². The SMILES string of the molecule is CCCn1nc2c(cc1=O)CN(Cc1nc3ccccc3o1)CC2. The number of aryl methyl sites for hydroxylation is 1. The minimum absolute atomic E-state index is 0.0145.